The molecular weight excluding hydrogens is 300 g/mol. The van der Waals surface area contributed by atoms with Gasteiger partial charge in [-0.05, 0) is 39.0 Å². The molecule has 0 amide bonds. The zero-order valence-corrected chi connectivity index (χ0v) is 13.4. The third-order valence-electron chi connectivity index (χ3n) is 2.85. The van der Waals surface area contributed by atoms with Crippen molar-refractivity contribution in [3.05, 3.63) is 45.7 Å². The van der Waals surface area contributed by atoms with Crippen LogP contribution in [0.25, 0.3) is 11.6 Å². The summed E-state index contributed by atoms with van der Waals surface area (Å²) >= 11 is 1.16. The van der Waals surface area contributed by atoms with Crippen LogP contribution in [0.15, 0.2) is 24.4 Å². The van der Waals surface area contributed by atoms with E-state index in [0.717, 1.165) is 11.3 Å². The second-order valence-corrected chi connectivity index (χ2v) is 5.52. The van der Waals surface area contributed by atoms with Gasteiger partial charge in [0.05, 0.1) is 23.6 Å². The molecule has 0 spiro atoms. The maximum Gasteiger partial charge on any atom is 0.350 e. The number of hydrogen-bond donors (Lipinski definition) is 0. The van der Waals surface area contributed by atoms with Crippen molar-refractivity contribution < 1.29 is 14.3 Å². The Bertz CT molecular complexity index is 720. The number of hydrogen-bond acceptors (Lipinski definition) is 6. The van der Waals surface area contributed by atoms with Gasteiger partial charge in [0.1, 0.15) is 9.88 Å². The van der Waals surface area contributed by atoms with Crippen LogP contribution in [0.4, 0.5) is 0 Å². The standard InChI is InChI=1S/C16H16N2O3S/c1-4-21-16(20)14-10(2)18-15(22-14)13(11(3)19)9-12-7-5-6-8-17-12/h5-9H,4H2,1-3H3/b13-9-. The first-order chi connectivity index (χ1) is 10.5. The van der Waals surface area contributed by atoms with Gasteiger partial charge in [0.25, 0.3) is 0 Å². The summed E-state index contributed by atoms with van der Waals surface area (Å²) in [7, 11) is 0. The van der Waals surface area contributed by atoms with Crippen LogP contribution in [-0.4, -0.2) is 28.3 Å². The molecule has 2 rings (SSSR count). The maximum atomic E-state index is 11.9. The number of nitrogens with zero attached hydrogens (tertiary/aromatic N) is 2. The number of esters is 1. The number of ether oxygens (including phenoxy) is 1. The van der Waals surface area contributed by atoms with Gasteiger partial charge in [-0.1, -0.05) is 6.07 Å². The first-order valence-corrected chi connectivity index (χ1v) is 7.63. The van der Waals surface area contributed by atoms with E-state index < -0.39 is 5.97 Å². The van der Waals surface area contributed by atoms with Crippen LogP contribution in [0.5, 0.6) is 0 Å². The molecule has 0 aliphatic carbocycles. The van der Waals surface area contributed by atoms with Gasteiger partial charge >= 0.3 is 5.97 Å². The normalized spacial score (nSPS) is 11.3. The number of allylic oxidation sites excluding steroid dienone is 1. The Morgan fingerprint density at radius 1 is 1.36 bits per heavy atom. The van der Waals surface area contributed by atoms with Gasteiger partial charge in [0, 0.05) is 6.20 Å². The molecule has 0 aliphatic rings. The maximum absolute atomic E-state index is 11.9. The number of Topliss-reactive ketones (excluding diaryl/α,β-unsaturated/α-hetero) is 1. The number of carbonyl (C=O) groups is 2. The lowest BCUT2D eigenvalue weighted by Crippen LogP contribution is -2.03. The zero-order valence-electron chi connectivity index (χ0n) is 12.6. The minimum atomic E-state index is -0.413. The molecule has 0 saturated heterocycles. The quantitative estimate of drug-likeness (QED) is 0.626. The van der Waals surface area contributed by atoms with Crippen LogP contribution in [0.2, 0.25) is 0 Å². The third-order valence-corrected chi connectivity index (χ3v) is 4.02. The summed E-state index contributed by atoms with van der Waals surface area (Å²) in [6.07, 6.45) is 3.33. The molecule has 0 unspecified atom stereocenters. The molecule has 2 heterocycles. The van der Waals surface area contributed by atoms with Crippen LogP contribution in [0.3, 0.4) is 0 Å². The lowest BCUT2D eigenvalue weighted by Gasteiger charge is -1.99. The summed E-state index contributed by atoms with van der Waals surface area (Å²) in [6, 6.07) is 5.45. The average Bonchev–Trinajstić information content (AvgIpc) is 2.87. The van der Waals surface area contributed by atoms with E-state index in [1.807, 2.05) is 6.07 Å². The van der Waals surface area contributed by atoms with Crippen molar-refractivity contribution in [3.63, 3.8) is 0 Å². The summed E-state index contributed by atoms with van der Waals surface area (Å²) in [4.78, 5) is 32.7. The SMILES string of the molecule is CCOC(=O)c1sc(/C(=C\c2ccccn2)C(C)=O)nc1C. The van der Waals surface area contributed by atoms with Crippen LogP contribution < -0.4 is 0 Å². The van der Waals surface area contributed by atoms with Crippen molar-refractivity contribution in [1.29, 1.82) is 0 Å². The minimum Gasteiger partial charge on any atom is -0.462 e. The van der Waals surface area contributed by atoms with Crippen LogP contribution >= 0.6 is 11.3 Å². The molecule has 0 atom stereocenters. The van der Waals surface area contributed by atoms with Gasteiger partial charge in [0.2, 0.25) is 0 Å². The molecule has 0 saturated carbocycles. The molecule has 2 aromatic heterocycles. The fourth-order valence-corrected chi connectivity index (χ4v) is 2.84. The van der Waals surface area contributed by atoms with Crippen molar-refractivity contribution in [2.24, 2.45) is 0 Å². The Balaban J connectivity index is 2.43. The largest absolute Gasteiger partial charge is 0.462 e. The third kappa shape index (κ3) is 3.65. The van der Waals surface area contributed by atoms with Gasteiger partial charge in [-0.2, -0.15) is 0 Å². The highest BCUT2D eigenvalue weighted by Gasteiger charge is 2.20. The highest BCUT2D eigenvalue weighted by molar-refractivity contribution is 7.15. The monoisotopic (exact) mass is 316 g/mol. The Hall–Kier alpha value is -2.34. The first-order valence-electron chi connectivity index (χ1n) is 6.81. The van der Waals surface area contributed by atoms with E-state index in [2.05, 4.69) is 9.97 Å². The second-order valence-electron chi connectivity index (χ2n) is 4.52. The van der Waals surface area contributed by atoms with Crippen molar-refractivity contribution in [2.75, 3.05) is 6.61 Å². The Kier molecular flexibility index (Phi) is 5.16. The molecule has 0 bridgehead atoms. The molecule has 0 aliphatic heterocycles. The van der Waals surface area contributed by atoms with Crippen LogP contribution in [-0.2, 0) is 9.53 Å². The number of pyridine rings is 1. The summed E-state index contributed by atoms with van der Waals surface area (Å²) in [6.45, 7) is 5.24. The van der Waals surface area contributed by atoms with E-state index in [1.54, 1.807) is 38.3 Å². The summed E-state index contributed by atoms with van der Waals surface area (Å²) in [5, 5.41) is 0.499. The number of ketones is 1. The lowest BCUT2D eigenvalue weighted by molar-refractivity contribution is -0.111. The van der Waals surface area contributed by atoms with E-state index in [1.165, 1.54) is 6.92 Å². The lowest BCUT2D eigenvalue weighted by atomic mass is 10.1. The second kappa shape index (κ2) is 7.09. The number of thiazole rings is 1. The Morgan fingerprint density at radius 2 is 2.14 bits per heavy atom. The number of aryl methyl sites for hydroxylation is 1. The van der Waals surface area contributed by atoms with Gasteiger partial charge < -0.3 is 4.74 Å². The molecular formula is C16H16N2O3S. The molecule has 6 heteroatoms. The van der Waals surface area contributed by atoms with Gasteiger partial charge in [-0.15, -0.1) is 11.3 Å². The molecule has 0 radical (unpaired) electrons. The smallest absolute Gasteiger partial charge is 0.350 e. The van der Waals surface area contributed by atoms with Crippen LogP contribution in [0, 0.1) is 6.92 Å². The van der Waals surface area contributed by atoms with Gasteiger partial charge in [0.15, 0.2) is 5.78 Å². The molecule has 22 heavy (non-hydrogen) atoms. The summed E-state index contributed by atoms with van der Waals surface area (Å²) in [5.74, 6) is -0.542. The Morgan fingerprint density at radius 3 is 2.73 bits per heavy atom. The highest BCUT2D eigenvalue weighted by atomic mass is 32.1. The van der Waals surface area contributed by atoms with Crippen molar-refractivity contribution >= 4 is 34.7 Å². The molecule has 114 valence electrons. The topological polar surface area (TPSA) is 69.2 Å². The van der Waals surface area contributed by atoms with E-state index in [0.29, 0.717) is 33.5 Å². The predicted molar refractivity (Wildman–Crippen MR) is 85.6 cm³/mol. The minimum absolute atomic E-state index is 0.130. The van der Waals surface area contributed by atoms with E-state index in [4.69, 9.17) is 4.74 Å². The highest BCUT2D eigenvalue weighted by Crippen LogP contribution is 2.27. The average molecular weight is 316 g/mol. The molecule has 2 aromatic rings. The van der Waals surface area contributed by atoms with E-state index >= 15 is 0 Å². The van der Waals surface area contributed by atoms with Crippen molar-refractivity contribution in [3.8, 4) is 0 Å². The van der Waals surface area contributed by atoms with Gasteiger partial charge in [-0.25, -0.2) is 9.78 Å². The van der Waals surface area contributed by atoms with Crippen molar-refractivity contribution in [2.45, 2.75) is 20.8 Å². The number of rotatable bonds is 5. The first kappa shape index (κ1) is 16.0. The number of aromatic nitrogens is 2. The predicted octanol–water partition coefficient (Wildman–Crippen LogP) is 3.15. The molecule has 5 nitrogen and oxygen atoms in total. The number of carbonyl (C=O) groups excluding carboxylic acids is 2. The fraction of sp³-hybridized carbons (Fsp3) is 0.250. The van der Waals surface area contributed by atoms with Crippen molar-refractivity contribution in [1.82, 2.24) is 9.97 Å². The molecule has 0 fully saturated rings. The Labute approximate surface area is 132 Å². The summed E-state index contributed by atoms with van der Waals surface area (Å²) in [5.41, 5.74) is 1.66. The molecule has 0 N–H and O–H groups in total. The van der Waals surface area contributed by atoms with Gasteiger partial charge in [-0.3, -0.25) is 9.78 Å². The van der Waals surface area contributed by atoms with E-state index in [9.17, 15) is 9.59 Å². The molecule has 0 aromatic carbocycles. The van der Waals surface area contributed by atoms with E-state index in [-0.39, 0.29) is 5.78 Å². The fourth-order valence-electron chi connectivity index (χ4n) is 1.82. The van der Waals surface area contributed by atoms with Crippen LogP contribution in [0.1, 0.15) is 39.9 Å². The zero-order chi connectivity index (χ0) is 16.1. The summed E-state index contributed by atoms with van der Waals surface area (Å²) < 4.78 is 5.00.